The van der Waals surface area contributed by atoms with Crippen LogP contribution >= 0.6 is 27.3 Å². The summed E-state index contributed by atoms with van der Waals surface area (Å²) in [5.41, 5.74) is 6.76. The van der Waals surface area contributed by atoms with Gasteiger partial charge in [0.25, 0.3) is 0 Å². The first-order chi connectivity index (χ1) is 7.68. The van der Waals surface area contributed by atoms with Gasteiger partial charge in [0.05, 0.1) is 10.0 Å². The Morgan fingerprint density at radius 2 is 2.19 bits per heavy atom. The lowest BCUT2D eigenvalue weighted by Crippen LogP contribution is -2.07. The summed E-state index contributed by atoms with van der Waals surface area (Å²) >= 11 is 4.72. The van der Waals surface area contributed by atoms with Gasteiger partial charge >= 0.3 is 5.97 Å². The summed E-state index contributed by atoms with van der Waals surface area (Å²) in [5.74, 6) is 0.0451. The van der Waals surface area contributed by atoms with E-state index in [-0.39, 0.29) is 5.97 Å². The number of hydrogen-bond donors (Lipinski definition) is 1. The molecule has 82 valence electrons. The maximum atomic E-state index is 11.7. The number of halogens is 1. The molecule has 0 aliphatic heterocycles. The summed E-state index contributed by atoms with van der Waals surface area (Å²) in [4.78, 5) is 11.7. The number of hydrogen-bond acceptors (Lipinski definition) is 4. The molecule has 3 nitrogen and oxygen atoms in total. The fourth-order valence-electron chi connectivity index (χ4n) is 1.15. The van der Waals surface area contributed by atoms with Crippen LogP contribution in [0.15, 0.2) is 39.5 Å². The van der Waals surface area contributed by atoms with Crippen LogP contribution in [0.25, 0.3) is 0 Å². The SMILES string of the molecule is Nc1cccc(OC(=O)c2ccsc2)c1Br. The van der Waals surface area contributed by atoms with E-state index >= 15 is 0 Å². The van der Waals surface area contributed by atoms with E-state index < -0.39 is 0 Å². The highest BCUT2D eigenvalue weighted by molar-refractivity contribution is 9.10. The number of carbonyl (C=O) groups excluding carboxylic acids is 1. The van der Waals surface area contributed by atoms with Gasteiger partial charge in [-0.1, -0.05) is 6.07 Å². The Hall–Kier alpha value is -1.33. The Morgan fingerprint density at radius 1 is 1.38 bits per heavy atom. The van der Waals surface area contributed by atoms with Gasteiger partial charge in [-0.2, -0.15) is 11.3 Å². The Kier molecular flexibility index (Phi) is 3.26. The van der Waals surface area contributed by atoms with Crippen LogP contribution in [0.4, 0.5) is 5.69 Å². The lowest BCUT2D eigenvalue weighted by molar-refractivity contribution is 0.0734. The number of ether oxygens (including phenoxy) is 1. The third kappa shape index (κ3) is 2.25. The number of rotatable bonds is 2. The van der Waals surface area contributed by atoms with E-state index in [9.17, 15) is 4.79 Å². The smallest absolute Gasteiger partial charge is 0.344 e. The molecule has 2 N–H and O–H groups in total. The van der Waals surface area contributed by atoms with E-state index in [1.54, 1.807) is 29.6 Å². The predicted octanol–water partition coefficient (Wildman–Crippen LogP) is 3.31. The molecule has 1 aromatic heterocycles. The number of carbonyl (C=O) groups is 1. The summed E-state index contributed by atoms with van der Waals surface area (Å²) in [6.45, 7) is 0. The molecule has 0 unspecified atom stereocenters. The van der Waals surface area contributed by atoms with Gasteiger partial charge in [0.2, 0.25) is 0 Å². The molecule has 0 amide bonds. The molecule has 1 aromatic carbocycles. The molecule has 0 spiro atoms. The van der Waals surface area contributed by atoms with Crippen LogP contribution in [0.3, 0.4) is 0 Å². The van der Waals surface area contributed by atoms with Crippen LogP contribution in [0.2, 0.25) is 0 Å². The first kappa shape index (κ1) is 11.2. The van der Waals surface area contributed by atoms with Gasteiger partial charge in [0.15, 0.2) is 0 Å². The average Bonchev–Trinajstić information content (AvgIpc) is 2.78. The van der Waals surface area contributed by atoms with Crippen LogP contribution in [0, 0.1) is 0 Å². The first-order valence-electron chi connectivity index (χ1n) is 4.47. The molecule has 0 atom stereocenters. The van der Waals surface area contributed by atoms with Crippen LogP contribution in [-0.2, 0) is 0 Å². The molecule has 5 heteroatoms. The van der Waals surface area contributed by atoms with Crippen molar-refractivity contribution >= 4 is 38.9 Å². The zero-order chi connectivity index (χ0) is 11.5. The standard InChI is InChI=1S/C11H8BrNO2S/c12-10-8(13)2-1-3-9(10)15-11(14)7-4-5-16-6-7/h1-6H,13H2. The van der Waals surface area contributed by atoms with Crippen LogP contribution in [0.5, 0.6) is 5.75 Å². The van der Waals surface area contributed by atoms with Gasteiger partial charge in [-0.3, -0.25) is 0 Å². The molecule has 0 aliphatic rings. The monoisotopic (exact) mass is 297 g/mol. The molecule has 2 rings (SSSR count). The Morgan fingerprint density at radius 3 is 2.88 bits per heavy atom. The van der Waals surface area contributed by atoms with E-state index in [0.717, 1.165) is 0 Å². The molecular formula is C11H8BrNO2S. The van der Waals surface area contributed by atoms with E-state index in [1.807, 2.05) is 5.38 Å². The highest BCUT2D eigenvalue weighted by Crippen LogP contribution is 2.30. The number of benzene rings is 1. The second-order valence-corrected chi connectivity index (χ2v) is 4.63. The molecule has 0 aliphatic carbocycles. The maximum absolute atomic E-state index is 11.7. The second-order valence-electron chi connectivity index (χ2n) is 3.06. The Bertz CT molecular complexity index is 511. The van der Waals surface area contributed by atoms with Crippen molar-refractivity contribution in [2.24, 2.45) is 0 Å². The fraction of sp³-hybridized carbons (Fsp3) is 0. The lowest BCUT2D eigenvalue weighted by Gasteiger charge is -2.06. The Labute approximate surface area is 105 Å². The van der Waals surface area contributed by atoms with E-state index in [4.69, 9.17) is 10.5 Å². The number of nitrogens with two attached hydrogens (primary N) is 1. The van der Waals surface area contributed by atoms with Crippen molar-refractivity contribution in [3.8, 4) is 5.75 Å². The van der Waals surface area contributed by atoms with Crippen molar-refractivity contribution in [3.05, 3.63) is 45.1 Å². The van der Waals surface area contributed by atoms with Gasteiger partial charge in [-0.25, -0.2) is 4.79 Å². The van der Waals surface area contributed by atoms with Crippen molar-refractivity contribution in [2.75, 3.05) is 5.73 Å². The molecule has 16 heavy (non-hydrogen) atoms. The minimum Gasteiger partial charge on any atom is -0.422 e. The van der Waals surface area contributed by atoms with Crippen molar-refractivity contribution in [3.63, 3.8) is 0 Å². The van der Waals surface area contributed by atoms with Crippen molar-refractivity contribution < 1.29 is 9.53 Å². The van der Waals surface area contributed by atoms with Crippen molar-refractivity contribution in [2.45, 2.75) is 0 Å². The average molecular weight is 298 g/mol. The van der Waals surface area contributed by atoms with E-state index in [1.165, 1.54) is 11.3 Å². The topological polar surface area (TPSA) is 52.3 Å². The molecule has 0 radical (unpaired) electrons. The molecule has 0 saturated carbocycles. The fourth-order valence-corrected chi connectivity index (χ4v) is 2.12. The van der Waals surface area contributed by atoms with E-state index in [2.05, 4.69) is 15.9 Å². The highest BCUT2D eigenvalue weighted by Gasteiger charge is 2.11. The van der Waals surface area contributed by atoms with Gasteiger partial charge in [0.1, 0.15) is 5.75 Å². The zero-order valence-electron chi connectivity index (χ0n) is 8.14. The van der Waals surface area contributed by atoms with Gasteiger partial charge in [-0.05, 0) is 39.5 Å². The van der Waals surface area contributed by atoms with E-state index in [0.29, 0.717) is 21.5 Å². The summed E-state index contributed by atoms with van der Waals surface area (Å²) < 4.78 is 5.81. The maximum Gasteiger partial charge on any atom is 0.344 e. The molecule has 0 saturated heterocycles. The molecule has 0 fully saturated rings. The molecular weight excluding hydrogens is 290 g/mol. The van der Waals surface area contributed by atoms with Crippen molar-refractivity contribution in [1.29, 1.82) is 0 Å². The second kappa shape index (κ2) is 4.67. The quantitative estimate of drug-likeness (QED) is 0.526. The van der Waals surface area contributed by atoms with Gasteiger partial charge in [-0.15, -0.1) is 0 Å². The first-order valence-corrected chi connectivity index (χ1v) is 6.20. The number of nitrogen functional groups attached to an aromatic ring is 1. The Balaban J connectivity index is 2.22. The summed E-state index contributed by atoms with van der Waals surface area (Å²) in [5, 5.41) is 3.56. The van der Waals surface area contributed by atoms with Crippen molar-refractivity contribution in [1.82, 2.24) is 0 Å². The minimum atomic E-state index is -0.382. The predicted molar refractivity (Wildman–Crippen MR) is 67.8 cm³/mol. The molecule has 1 heterocycles. The highest BCUT2D eigenvalue weighted by atomic mass is 79.9. The van der Waals surface area contributed by atoms with Crippen LogP contribution < -0.4 is 10.5 Å². The lowest BCUT2D eigenvalue weighted by atomic mass is 10.3. The number of anilines is 1. The van der Waals surface area contributed by atoms with Crippen LogP contribution in [-0.4, -0.2) is 5.97 Å². The summed E-state index contributed by atoms with van der Waals surface area (Å²) in [6.07, 6.45) is 0. The normalized spacial score (nSPS) is 10.1. The van der Waals surface area contributed by atoms with Gasteiger partial charge < -0.3 is 10.5 Å². The summed E-state index contributed by atoms with van der Waals surface area (Å²) in [7, 11) is 0. The minimum absolute atomic E-state index is 0.382. The third-order valence-electron chi connectivity index (χ3n) is 1.95. The summed E-state index contributed by atoms with van der Waals surface area (Å²) in [6, 6.07) is 6.86. The number of esters is 1. The number of thiophene rings is 1. The van der Waals surface area contributed by atoms with Crippen LogP contribution in [0.1, 0.15) is 10.4 Å². The molecule has 2 aromatic rings. The van der Waals surface area contributed by atoms with Gasteiger partial charge in [0, 0.05) is 11.1 Å². The zero-order valence-corrected chi connectivity index (χ0v) is 10.5. The largest absolute Gasteiger partial charge is 0.422 e. The molecule has 0 bridgehead atoms. The third-order valence-corrected chi connectivity index (χ3v) is 3.48.